The molecule has 0 bridgehead atoms. The standard InChI is InChI=1S/C22H29N3O6S/c1-7-19(17-9-11-21(31-5)15(3)12-17)23-22(26)16(4)24(32(6,29)30)20-13-18(25(27)28)10-8-14(20)2/h8-13,16,19H,7H2,1-6H3,(H,23,26). The molecule has 0 saturated heterocycles. The Morgan fingerprint density at radius 3 is 2.34 bits per heavy atom. The number of nitro benzene ring substituents is 1. The van der Waals surface area contributed by atoms with E-state index >= 15 is 0 Å². The number of hydrogen-bond donors (Lipinski definition) is 1. The maximum Gasteiger partial charge on any atom is 0.271 e. The summed E-state index contributed by atoms with van der Waals surface area (Å²) in [6.45, 7) is 6.90. The number of sulfonamides is 1. The van der Waals surface area contributed by atoms with Crippen molar-refractivity contribution in [2.24, 2.45) is 0 Å². The summed E-state index contributed by atoms with van der Waals surface area (Å²) < 4.78 is 31.4. The van der Waals surface area contributed by atoms with Crippen LogP contribution >= 0.6 is 0 Å². The number of anilines is 1. The maximum absolute atomic E-state index is 13.1. The van der Waals surface area contributed by atoms with Gasteiger partial charge in [-0.25, -0.2) is 8.42 Å². The minimum absolute atomic E-state index is 0.0951. The predicted octanol–water partition coefficient (Wildman–Crippen LogP) is 3.64. The van der Waals surface area contributed by atoms with Crippen molar-refractivity contribution in [2.75, 3.05) is 17.7 Å². The topological polar surface area (TPSA) is 119 Å². The molecule has 1 amide bonds. The van der Waals surface area contributed by atoms with Crippen LogP contribution in [-0.2, 0) is 14.8 Å². The van der Waals surface area contributed by atoms with Gasteiger partial charge >= 0.3 is 0 Å². The SMILES string of the molecule is CCC(NC(=O)C(C)N(c1cc([N+](=O)[O-])ccc1C)S(C)(=O)=O)c1ccc(OC)c(C)c1. The predicted molar refractivity (Wildman–Crippen MR) is 124 cm³/mol. The number of carbonyl (C=O) groups excluding carboxylic acids is 1. The second-order valence-corrected chi connectivity index (χ2v) is 9.52. The molecule has 2 atom stereocenters. The Kier molecular flexibility index (Phi) is 7.84. The number of benzene rings is 2. The van der Waals surface area contributed by atoms with Gasteiger partial charge in [0, 0.05) is 12.1 Å². The molecular weight excluding hydrogens is 434 g/mol. The van der Waals surface area contributed by atoms with E-state index < -0.39 is 26.9 Å². The van der Waals surface area contributed by atoms with Gasteiger partial charge in [-0.3, -0.25) is 19.2 Å². The van der Waals surface area contributed by atoms with Crippen molar-refractivity contribution >= 4 is 27.3 Å². The fraction of sp³-hybridized carbons (Fsp3) is 0.409. The average Bonchev–Trinajstić information content (AvgIpc) is 2.71. The van der Waals surface area contributed by atoms with Gasteiger partial charge in [-0.1, -0.05) is 25.1 Å². The number of ether oxygens (including phenoxy) is 1. The Morgan fingerprint density at radius 2 is 1.84 bits per heavy atom. The van der Waals surface area contributed by atoms with Crippen molar-refractivity contribution in [2.45, 2.75) is 46.2 Å². The first-order chi connectivity index (χ1) is 14.9. The fourth-order valence-corrected chi connectivity index (χ4v) is 4.79. The number of hydrogen-bond acceptors (Lipinski definition) is 6. The highest BCUT2D eigenvalue weighted by molar-refractivity contribution is 7.92. The Morgan fingerprint density at radius 1 is 1.19 bits per heavy atom. The summed E-state index contributed by atoms with van der Waals surface area (Å²) >= 11 is 0. The number of rotatable bonds is 9. The van der Waals surface area contributed by atoms with Crippen LogP contribution in [0.25, 0.3) is 0 Å². The van der Waals surface area contributed by atoms with Gasteiger partial charge in [-0.15, -0.1) is 0 Å². The van der Waals surface area contributed by atoms with Gasteiger partial charge in [0.25, 0.3) is 5.69 Å². The molecule has 0 saturated carbocycles. The summed E-state index contributed by atoms with van der Waals surface area (Å²) in [4.78, 5) is 23.7. The largest absolute Gasteiger partial charge is 0.496 e. The summed E-state index contributed by atoms with van der Waals surface area (Å²) in [6, 6.07) is 8.04. The van der Waals surface area contributed by atoms with E-state index in [1.54, 1.807) is 14.0 Å². The summed E-state index contributed by atoms with van der Waals surface area (Å²) in [7, 11) is -2.33. The van der Waals surface area contributed by atoms with Crippen molar-refractivity contribution in [1.29, 1.82) is 0 Å². The third kappa shape index (κ3) is 5.56. The first-order valence-electron chi connectivity index (χ1n) is 10.1. The van der Waals surface area contributed by atoms with Crippen LogP contribution in [0.1, 0.15) is 43.0 Å². The monoisotopic (exact) mass is 463 g/mol. The molecule has 0 radical (unpaired) electrons. The van der Waals surface area contributed by atoms with Crippen LogP contribution in [0, 0.1) is 24.0 Å². The van der Waals surface area contributed by atoms with E-state index in [-0.39, 0.29) is 17.4 Å². The Bertz CT molecular complexity index is 1120. The van der Waals surface area contributed by atoms with E-state index in [0.717, 1.165) is 27.4 Å². The molecule has 2 aromatic rings. The Balaban J connectivity index is 2.39. The van der Waals surface area contributed by atoms with Gasteiger partial charge in [0.05, 0.1) is 30.0 Å². The lowest BCUT2D eigenvalue weighted by Gasteiger charge is -2.30. The third-order valence-corrected chi connectivity index (χ3v) is 6.50. The lowest BCUT2D eigenvalue weighted by atomic mass is 10.0. The van der Waals surface area contributed by atoms with E-state index in [2.05, 4.69) is 5.32 Å². The van der Waals surface area contributed by atoms with Gasteiger partial charge < -0.3 is 10.1 Å². The maximum atomic E-state index is 13.1. The molecular formula is C22H29N3O6S. The number of aryl methyl sites for hydroxylation is 2. The Hall–Kier alpha value is -3.14. The number of nitrogens with zero attached hydrogens (tertiary/aromatic N) is 2. The minimum atomic E-state index is -3.92. The average molecular weight is 464 g/mol. The quantitative estimate of drug-likeness (QED) is 0.448. The van der Waals surface area contributed by atoms with E-state index in [0.29, 0.717) is 12.0 Å². The smallest absolute Gasteiger partial charge is 0.271 e. The van der Waals surface area contributed by atoms with Gasteiger partial charge in [-0.05, 0) is 49.9 Å². The zero-order chi connectivity index (χ0) is 24.2. The van der Waals surface area contributed by atoms with Crippen molar-refractivity contribution in [3.05, 3.63) is 63.2 Å². The number of nitro groups is 1. The molecule has 0 spiro atoms. The van der Waals surface area contributed by atoms with Crippen LogP contribution < -0.4 is 14.4 Å². The first-order valence-corrected chi connectivity index (χ1v) is 11.9. The lowest BCUT2D eigenvalue weighted by Crippen LogP contribution is -2.48. The zero-order valence-corrected chi connectivity index (χ0v) is 19.9. The van der Waals surface area contributed by atoms with Crippen molar-refractivity contribution in [3.63, 3.8) is 0 Å². The van der Waals surface area contributed by atoms with Gasteiger partial charge in [-0.2, -0.15) is 0 Å². The normalized spacial score (nSPS) is 13.2. The first kappa shape index (κ1) is 25.1. The highest BCUT2D eigenvalue weighted by atomic mass is 32.2. The van der Waals surface area contributed by atoms with E-state index in [1.165, 1.54) is 25.1 Å². The van der Waals surface area contributed by atoms with E-state index in [4.69, 9.17) is 4.74 Å². The second-order valence-electron chi connectivity index (χ2n) is 7.66. The molecule has 9 nitrogen and oxygen atoms in total. The van der Waals surface area contributed by atoms with E-state index in [1.807, 2.05) is 32.0 Å². The van der Waals surface area contributed by atoms with Crippen LogP contribution in [-0.4, -0.2) is 38.7 Å². The molecule has 0 aliphatic heterocycles. The van der Waals surface area contributed by atoms with Crippen LogP contribution in [0.5, 0.6) is 5.75 Å². The van der Waals surface area contributed by atoms with Gasteiger partial charge in [0.1, 0.15) is 11.8 Å². The van der Waals surface area contributed by atoms with Crippen molar-refractivity contribution in [3.8, 4) is 5.75 Å². The van der Waals surface area contributed by atoms with Crippen molar-refractivity contribution in [1.82, 2.24) is 5.32 Å². The molecule has 1 N–H and O–H groups in total. The zero-order valence-electron chi connectivity index (χ0n) is 19.1. The number of nitrogens with one attached hydrogen (secondary N) is 1. The number of non-ortho nitro benzene ring substituents is 1. The third-order valence-electron chi connectivity index (χ3n) is 5.28. The number of carbonyl (C=O) groups is 1. The molecule has 2 unspecified atom stereocenters. The number of methoxy groups -OCH3 is 1. The highest BCUT2D eigenvalue weighted by Crippen LogP contribution is 2.30. The molecule has 0 fully saturated rings. The summed E-state index contributed by atoms with van der Waals surface area (Å²) in [6.07, 6.45) is 1.55. The van der Waals surface area contributed by atoms with Crippen LogP contribution in [0.2, 0.25) is 0 Å². The van der Waals surface area contributed by atoms with Crippen LogP contribution in [0.15, 0.2) is 36.4 Å². The lowest BCUT2D eigenvalue weighted by molar-refractivity contribution is -0.384. The molecule has 2 rings (SSSR count). The molecule has 0 heterocycles. The van der Waals surface area contributed by atoms with Gasteiger partial charge in [0.15, 0.2) is 0 Å². The van der Waals surface area contributed by atoms with E-state index in [9.17, 15) is 23.3 Å². The molecule has 2 aromatic carbocycles. The van der Waals surface area contributed by atoms with Crippen molar-refractivity contribution < 1.29 is 22.9 Å². The minimum Gasteiger partial charge on any atom is -0.496 e. The molecule has 32 heavy (non-hydrogen) atoms. The summed E-state index contributed by atoms with van der Waals surface area (Å²) in [5.74, 6) is 0.217. The molecule has 174 valence electrons. The molecule has 0 aliphatic rings. The molecule has 0 aromatic heterocycles. The summed E-state index contributed by atoms with van der Waals surface area (Å²) in [5, 5.41) is 14.1. The van der Waals surface area contributed by atoms with Gasteiger partial charge in [0.2, 0.25) is 15.9 Å². The van der Waals surface area contributed by atoms with Crippen LogP contribution in [0.3, 0.4) is 0 Å². The molecule has 0 aliphatic carbocycles. The molecule has 10 heteroatoms. The number of amides is 1. The highest BCUT2D eigenvalue weighted by Gasteiger charge is 2.32. The summed E-state index contributed by atoms with van der Waals surface area (Å²) in [5.41, 5.74) is 2.11. The second kappa shape index (κ2) is 9.99. The fourth-order valence-electron chi connectivity index (χ4n) is 3.56. The van der Waals surface area contributed by atoms with Crippen LogP contribution in [0.4, 0.5) is 11.4 Å². The Labute approximate surface area is 188 Å².